The summed E-state index contributed by atoms with van der Waals surface area (Å²) in [7, 11) is 4.16. The first-order valence-electron chi connectivity index (χ1n) is 4.18. The first-order chi connectivity index (χ1) is 5.11. The third-order valence-electron chi connectivity index (χ3n) is 2.35. The van der Waals surface area contributed by atoms with Gasteiger partial charge < -0.3 is 4.90 Å². The summed E-state index contributed by atoms with van der Waals surface area (Å²) in [5.41, 5.74) is 1.33. The third kappa shape index (κ3) is 2.40. The molecule has 1 rings (SSSR count). The van der Waals surface area contributed by atoms with Crippen molar-refractivity contribution in [2.75, 3.05) is 14.1 Å². The zero-order valence-corrected chi connectivity index (χ0v) is 7.83. The number of hydrogen-bond donors (Lipinski definition) is 0. The van der Waals surface area contributed by atoms with E-state index in [9.17, 15) is 0 Å². The van der Waals surface area contributed by atoms with E-state index in [1.807, 2.05) is 0 Å². The Morgan fingerprint density at radius 2 is 1.75 bits per heavy atom. The molecular weight excluding hydrogens is 146 g/mol. The molecule has 0 aromatic carbocycles. The molecule has 1 aliphatic rings. The predicted molar refractivity (Wildman–Crippen MR) is 56.0 cm³/mol. The summed E-state index contributed by atoms with van der Waals surface area (Å²) in [5.74, 6) is 1.37. The lowest BCUT2D eigenvalue weighted by molar-refractivity contribution is 0.482. The van der Waals surface area contributed by atoms with Crippen LogP contribution in [0.25, 0.3) is 0 Å². The minimum Gasteiger partial charge on any atom is -0.378 e. The van der Waals surface area contributed by atoms with Crippen LogP contribution in [0.2, 0.25) is 0 Å². The summed E-state index contributed by atoms with van der Waals surface area (Å²) in [6.45, 7) is 4.52. The van der Waals surface area contributed by atoms with Crippen molar-refractivity contribution in [3.8, 4) is 0 Å². The van der Waals surface area contributed by atoms with E-state index in [2.05, 4.69) is 51.1 Å². The van der Waals surface area contributed by atoms with Gasteiger partial charge in [-0.05, 0) is 17.9 Å². The second-order valence-electron chi connectivity index (χ2n) is 3.56. The lowest BCUT2D eigenvalue weighted by atomic mass is 9.90. The van der Waals surface area contributed by atoms with Crippen LogP contribution in [0.5, 0.6) is 0 Å². The molecule has 0 saturated carbocycles. The van der Waals surface area contributed by atoms with Crippen LogP contribution in [0.4, 0.5) is 0 Å². The second-order valence-corrected chi connectivity index (χ2v) is 3.56. The van der Waals surface area contributed by atoms with Gasteiger partial charge in [0.05, 0.1) is 0 Å². The molecule has 1 nitrogen and oxygen atoms in total. The molecule has 0 bridgehead atoms. The number of nitrogens with zero attached hydrogens (tertiary/aromatic N) is 1. The molecule has 2 atom stereocenters. The monoisotopic (exact) mass is 167 g/mol. The summed E-state index contributed by atoms with van der Waals surface area (Å²) in [5, 5.41) is 0. The Morgan fingerprint density at radius 3 is 2.17 bits per heavy atom. The highest BCUT2D eigenvalue weighted by Gasteiger charge is 2.12. The van der Waals surface area contributed by atoms with E-state index in [-0.39, 0.29) is 7.43 Å². The van der Waals surface area contributed by atoms with Gasteiger partial charge in [-0.1, -0.05) is 33.4 Å². The molecule has 0 fully saturated rings. The summed E-state index contributed by atoms with van der Waals surface area (Å²) >= 11 is 0. The fraction of sp³-hybridized carbons (Fsp3) is 0.636. The van der Waals surface area contributed by atoms with Gasteiger partial charge in [0, 0.05) is 19.8 Å². The molecule has 0 heterocycles. The van der Waals surface area contributed by atoms with Crippen LogP contribution in [-0.4, -0.2) is 19.0 Å². The van der Waals surface area contributed by atoms with Crippen LogP contribution >= 0.6 is 0 Å². The zero-order chi connectivity index (χ0) is 8.43. The van der Waals surface area contributed by atoms with Crippen LogP contribution in [-0.2, 0) is 0 Å². The third-order valence-corrected chi connectivity index (χ3v) is 2.35. The van der Waals surface area contributed by atoms with Gasteiger partial charge in [-0.3, -0.25) is 0 Å². The molecule has 0 aliphatic heterocycles. The Kier molecular flexibility index (Phi) is 4.08. The molecule has 0 radical (unpaired) electrons. The highest BCUT2D eigenvalue weighted by Crippen LogP contribution is 2.22. The summed E-state index contributed by atoms with van der Waals surface area (Å²) in [6, 6.07) is 0. The molecule has 1 heteroatoms. The Balaban J connectivity index is 0.00000121. The Bertz CT molecular complexity index is 189. The van der Waals surface area contributed by atoms with Crippen LogP contribution in [0.15, 0.2) is 23.9 Å². The molecule has 0 aromatic rings. The maximum atomic E-state index is 2.32. The number of hydrogen-bond acceptors (Lipinski definition) is 1. The number of allylic oxidation sites excluding steroid dienone is 3. The highest BCUT2D eigenvalue weighted by molar-refractivity contribution is 5.23. The maximum Gasteiger partial charge on any atom is 0.0320 e. The molecule has 12 heavy (non-hydrogen) atoms. The average molecular weight is 167 g/mol. The maximum absolute atomic E-state index is 2.32. The minimum atomic E-state index is 0. The first kappa shape index (κ1) is 11.3. The summed E-state index contributed by atoms with van der Waals surface area (Å²) in [4.78, 5) is 2.15. The minimum absolute atomic E-state index is 0. The lowest BCUT2D eigenvalue weighted by Crippen LogP contribution is -2.15. The predicted octanol–water partition coefficient (Wildman–Crippen LogP) is 2.91. The van der Waals surface area contributed by atoms with Gasteiger partial charge >= 0.3 is 0 Å². The van der Waals surface area contributed by atoms with Crippen LogP contribution in [0, 0.1) is 11.8 Å². The zero-order valence-electron chi connectivity index (χ0n) is 7.83. The quantitative estimate of drug-likeness (QED) is 0.580. The van der Waals surface area contributed by atoms with Crippen LogP contribution < -0.4 is 0 Å². The first-order valence-corrected chi connectivity index (χ1v) is 4.18. The smallest absolute Gasteiger partial charge is 0.0320 e. The van der Waals surface area contributed by atoms with Crippen molar-refractivity contribution < 1.29 is 0 Å². The van der Waals surface area contributed by atoms with Crippen molar-refractivity contribution in [3.63, 3.8) is 0 Å². The molecule has 70 valence electrons. The number of rotatable bonds is 1. The molecule has 0 aromatic heterocycles. The van der Waals surface area contributed by atoms with Crippen LogP contribution in [0.3, 0.4) is 0 Å². The Labute approximate surface area is 76.8 Å². The standard InChI is InChI=1S/C10H17N.CH4/c1-8-5-6-10(11(3)4)7-9(8)2;/h5-9H,1-4H3;1H4. The summed E-state index contributed by atoms with van der Waals surface area (Å²) < 4.78 is 0. The van der Waals surface area contributed by atoms with E-state index in [1.54, 1.807) is 0 Å². The number of likely N-dealkylation sites (N-methyl/N-ethyl adjacent to an activating group) is 1. The normalized spacial score (nSPS) is 27.5. The van der Waals surface area contributed by atoms with E-state index in [0.29, 0.717) is 11.8 Å². The largest absolute Gasteiger partial charge is 0.378 e. The molecule has 0 amide bonds. The fourth-order valence-electron chi connectivity index (χ4n) is 1.20. The molecular formula is C11H21N. The topological polar surface area (TPSA) is 3.24 Å². The molecule has 0 spiro atoms. The Morgan fingerprint density at radius 1 is 1.17 bits per heavy atom. The van der Waals surface area contributed by atoms with Crippen molar-refractivity contribution in [1.82, 2.24) is 4.90 Å². The van der Waals surface area contributed by atoms with Gasteiger partial charge in [0.15, 0.2) is 0 Å². The van der Waals surface area contributed by atoms with Crippen molar-refractivity contribution >= 4 is 0 Å². The molecule has 0 N–H and O–H groups in total. The van der Waals surface area contributed by atoms with Gasteiger partial charge in [-0.2, -0.15) is 0 Å². The average Bonchev–Trinajstić information content (AvgIpc) is 1.94. The SMILES string of the molecule is C.CC1C=CC(N(C)C)=CC1C. The molecule has 1 aliphatic carbocycles. The van der Waals surface area contributed by atoms with Crippen molar-refractivity contribution in [3.05, 3.63) is 23.9 Å². The highest BCUT2D eigenvalue weighted by atomic mass is 15.1. The second kappa shape index (κ2) is 4.34. The van der Waals surface area contributed by atoms with E-state index in [0.717, 1.165) is 0 Å². The van der Waals surface area contributed by atoms with E-state index in [1.165, 1.54) is 5.70 Å². The van der Waals surface area contributed by atoms with Crippen molar-refractivity contribution in [2.45, 2.75) is 21.3 Å². The molecule has 0 saturated heterocycles. The van der Waals surface area contributed by atoms with Crippen molar-refractivity contribution in [1.29, 1.82) is 0 Å². The van der Waals surface area contributed by atoms with Gasteiger partial charge in [-0.15, -0.1) is 0 Å². The summed E-state index contributed by atoms with van der Waals surface area (Å²) in [6.07, 6.45) is 6.80. The van der Waals surface area contributed by atoms with E-state index >= 15 is 0 Å². The van der Waals surface area contributed by atoms with Gasteiger partial charge in [0.1, 0.15) is 0 Å². The van der Waals surface area contributed by atoms with E-state index < -0.39 is 0 Å². The Hall–Kier alpha value is -0.720. The van der Waals surface area contributed by atoms with Crippen molar-refractivity contribution in [2.24, 2.45) is 11.8 Å². The lowest BCUT2D eigenvalue weighted by Gasteiger charge is -2.23. The molecule has 2 unspecified atom stereocenters. The van der Waals surface area contributed by atoms with E-state index in [4.69, 9.17) is 0 Å². The van der Waals surface area contributed by atoms with Gasteiger partial charge in [0.2, 0.25) is 0 Å². The van der Waals surface area contributed by atoms with Crippen LogP contribution in [0.1, 0.15) is 21.3 Å². The van der Waals surface area contributed by atoms with Gasteiger partial charge in [-0.25, -0.2) is 0 Å². The van der Waals surface area contributed by atoms with Gasteiger partial charge in [0.25, 0.3) is 0 Å². The fourth-order valence-corrected chi connectivity index (χ4v) is 1.20.